The number of halogens is 1. The van der Waals surface area contributed by atoms with Gasteiger partial charge in [0.1, 0.15) is 11.6 Å². The predicted molar refractivity (Wildman–Crippen MR) is 89.1 cm³/mol. The van der Waals surface area contributed by atoms with Gasteiger partial charge in [0.25, 0.3) is 5.89 Å². The molecule has 0 N–H and O–H groups in total. The highest BCUT2D eigenvalue weighted by Gasteiger charge is 2.18. The second kappa shape index (κ2) is 5.96. The second-order valence-corrected chi connectivity index (χ2v) is 5.29. The molecule has 0 fully saturated rings. The van der Waals surface area contributed by atoms with Crippen LogP contribution in [0.2, 0.25) is 0 Å². The van der Waals surface area contributed by atoms with Crippen LogP contribution in [0.15, 0.2) is 62.5 Å². The highest BCUT2D eigenvalue weighted by molar-refractivity contribution is 5.63. The lowest BCUT2D eigenvalue weighted by Gasteiger charge is -2.02. The van der Waals surface area contributed by atoms with Crippen LogP contribution in [0.3, 0.4) is 0 Å². The summed E-state index contributed by atoms with van der Waals surface area (Å²) in [5, 5.41) is 4.10. The number of methoxy groups -OCH3 is 1. The van der Waals surface area contributed by atoms with Crippen molar-refractivity contribution in [1.82, 2.24) is 19.2 Å². The van der Waals surface area contributed by atoms with Crippen LogP contribution >= 0.6 is 0 Å². The Bertz CT molecular complexity index is 1220. The third-order valence-corrected chi connectivity index (χ3v) is 3.74. The van der Waals surface area contributed by atoms with E-state index in [-0.39, 0.29) is 17.4 Å². The molecule has 0 aliphatic rings. The molecule has 0 radical (unpaired) electrons. The molecule has 0 atom stereocenters. The smallest absolute Gasteiger partial charge is 0.362 e. The van der Waals surface area contributed by atoms with E-state index in [2.05, 4.69) is 10.1 Å². The molecule has 26 heavy (non-hydrogen) atoms. The van der Waals surface area contributed by atoms with Crippen molar-refractivity contribution in [2.45, 2.75) is 0 Å². The van der Waals surface area contributed by atoms with Gasteiger partial charge in [0.15, 0.2) is 0 Å². The first kappa shape index (κ1) is 15.8. The monoisotopic (exact) mass is 354 g/mol. The van der Waals surface area contributed by atoms with Crippen LogP contribution in [0.1, 0.15) is 0 Å². The van der Waals surface area contributed by atoms with Crippen LogP contribution in [0.25, 0.3) is 23.0 Å². The molecular formula is C17H11FN4O4. The third-order valence-electron chi connectivity index (χ3n) is 3.74. The Balaban J connectivity index is 1.95. The maximum absolute atomic E-state index is 13.1. The van der Waals surface area contributed by atoms with Gasteiger partial charge in [0.2, 0.25) is 0 Å². The molecule has 4 rings (SSSR count). The van der Waals surface area contributed by atoms with Gasteiger partial charge in [-0.3, -0.25) is 0 Å². The SMILES string of the molecule is COc1ccccc1-c1nn2c(=O)n(-c3ccc(F)cc3)c(=O)nc2o1. The number of fused-ring (bicyclic) bond motifs is 1. The van der Waals surface area contributed by atoms with Gasteiger partial charge in [-0.2, -0.15) is 0 Å². The molecular weight excluding hydrogens is 343 g/mol. The molecule has 0 bridgehead atoms. The number of nitrogens with zero attached hydrogens (tertiary/aromatic N) is 4. The standard InChI is InChI=1S/C17H11FN4O4/c1-25-13-5-3-2-4-12(13)14-20-22-16(26-14)19-15(23)21(17(22)24)11-8-6-10(18)7-9-11/h2-9H,1H3. The lowest BCUT2D eigenvalue weighted by atomic mass is 10.2. The summed E-state index contributed by atoms with van der Waals surface area (Å²) in [6, 6.07) is 11.8. The molecule has 0 spiro atoms. The fourth-order valence-electron chi connectivity index (χ4n) is 2.53. The maximum atomic E-state index is 13.1. The fraction of sp³-hybridized carbons (Fsp3) is 0.0588. The second-order valence-electron chi connectivity index (χ2n) is 5.29. The maximum Gasteiger partial charge on any atom is 0.362 e. The van der Waals surface area contributed by atoms with Crippen molar-refractivity contribution in [3.63, 3.8) is 0 Å². The van der Waals surface area contributed by atoms with Crippen molar-refractivity contribution in [2.24, 2.45) is 0 Å². The molecule has 0 aliphatic heterocycles. The summed E-state index contributed by atoms with van der Waals surface area (Å²) >= 11 is 0. The molecule has 2 aromatic heterocycles. The Morgan fingerprint density at radius 3 is 2.54 bits per heavy atom. The number of hydrogen-bond acceptors (Lipinski definition) is 6. The van der Waals surface area contributed by atoms with Crippen LogP contribution in [0.5, 0.6) is 5.75 Å². The van der Waals surface area contributed by atoms with Crippen LogP contribution in [-0.2, 0) is 0 Å². The van der Waals surface area contributed by atoms with Gasteiger partial charge >= 0.3 is 17.2 Å². The van der Waals surface area contributed by atoms with E-state index in [1.807, 2.05) is 0 Å². The van der Waals surface area contributed by atoms with Crippen molar-refractivity contribution in [3.05, 3.63) is 75.3 Å². The average Bonchev–Trinajstić information content (AvgIpc) is 3.07. The lowest BCUT2D eigenvalue weighted by molar-refractivity contribution is 0.414. The molecule has 0 amide bonds. The fourth-order valence-corrected chi connectivity index (χ4v) is 2.53. The third kappa shape index (κ3) is 2.46. The van der Waals surface area contributed by atoms with Crippen LogP contribution < -0.4 is 16.1 Å². The quantitative estimate of drug-likeness (QED) is 0.555. The molecule has 0 unspecified atom stereocenters. The number of benzene rings is 2. The van der Waals surface area contributed by atoms with E-state index in [1.54, 1.807) is 24.3 Å². The van der Waals surface area contributed by atoms with E-state index in [9.17, 15) is 14.0 Å². The van der Waals surface area contributed by atoms with E-state index in [1.165, 1.54) is 19.2 Å². The summed E-state index contributed by atoms with van der Waals surface area (Å²) in [5.41, 5.74) is -0.966. The zero-order valence-electron chi connectivity index (χ0n) is 13.4. The first-order valence-electron chi connectivity index (χ1n) is 7.51. The molecule has 9 heteroatoms. The Morgan fingerprint density at radius 1 is 1.08 bits per heavy atom. The largest absolute Gasteiger partial charge is 0.496 e. The van der Waals surface area contributed by atoms with Crippen molar-refractivity contribution in [2.75, 3.05) is 7.11 Å². The summed E-state index contributed by atoms with van der Waals surface area (Å²) in [6.07, 6.45) is 0. The average molecular weight is 354 g/mol. The minimum absolute atomic E-state index is 0.0725. The lowest BCUT2D eigenvalue weighted by Crippen LogP contribution is -2.38. The van der Waals surface area contributed by atoms with E-state index in [0.29, 0.717) is 11.3 Å². The molecule has 8 nitrogen and oxygen atoms in total. The number of para-hydroxylation sites is 1. The van der Waals surface area contributed by atoms with Crippen molar-refractivity contribution < 1.29 is 13.5 Å². The molecule has 2 aromatic carbocycles. The van der Waals surface area contributed by atoms with Crippen LogP contribution in [-0.4, -0.2) is 26.3 Å². The summed E-state index contributed by atoms with van der Waals surface area (Å²) in [6.45, 7) is 0. The van der Waals surface area contributed by atoms with Gasteiger partial charge in [0.05, 0.1) is 18.4 Å². The predicted octanol–water partition coefficient (Wildman–Crippen LogP) is 1.65. The summed E-state index contributed by atoms with van der Waals surface area (Å²) in [7, 11) is 1.49. The van der Waals surface area contributed by atoms with Crippen molar-refractivity contribution in [1.29, 1.82) is 0 Å². The number of hydrogen-bond donors (Lipinski definition) is 0. The minimum atomic E-state index is -0.857. The molecule has 0 saturated heterocycles. The van der Waals surface area contributed by atoms with E-state index >= 15 is 0 Å². The molecule has 130 valence electrons. The van der Waals surface area contributed by atoms with Crippen molar-refractivity contribution >= 4 is 5.84 Å². The summed E-state index contributed by atoms with van der Waals surface area (Å²) < 4.78 is 25.4. The van der Waals surface area contributed by atoms with Gasteiger partial charge < -0.3 is 9.15 Å². The topological polar surface area (TPSA) is 91.6 Å². The number of ether oxygens (including phenoxy) is 1. The first-order chi connectivity index (χ1) is 12.6. The molecule has 0 saturated carbocycles. The zero-order chi connectivity index (χ0) is 18.3. The van der Waals surface area contributed by atoms with Gasteiger partial charge in [-0.05, 0) is 36.4 Å². The molecule has 0 aliphatic carbocycles. The van der Waals surface area contributed by atoms with Gasteiger partial charge in [-0.1, -0.05) is 12.1 Å². The molecule has 4 aromatic rings. The Morgan fingerprint density at radius 2 is 1.81 bits per heavy atom. The molecule has 2 heterocycles. The highest BCUT2D eigenvalue weighted by Crippen LogP contribution is 2.28. The summed E-state index contributed by atoms with van der Waals surface area (Å²) in [5.74, 6) is -0.181. The number of aromatic nitrogens is 4. The first-order valence-corrected chi connectivity index (χ1v) is 7.51. The number of rotatable bonds is 3. The van der Waals surface area contributed by atoms with Crippen molar-refractivity contribution in [3.8, 4) is 22.9 Å². The van der Waals surface area contributed by atoms with E-state index in [0.717, 1.165) is 21.2 Å². The highest BCUT2D eigenvalue weighted by atomic mass is 19.1. The minimum Gasteiger partial charge on any atom is -0.496 e. The van der Waals surface area contributed by atoms with Gasteiger partial charge in [-0.25, -0.2) is 18.5 Å². The van der Waals surface area contributed by atoms with E-state index in [4.69, 9.17) is 9.15 Å². The zero-order valence-corrected chi connectivity index (χ0v) is 13.4. The van der Waals surface area contributed by atoms with Gasteiger partial charge in [0, 0.05) is 0 Å². The Labute approximate surface area is 144 Å². The van der Waals surface area contributed by atoms with E-state index < -0.39 is 17.2 Å². The normalized spacial score (nSPS) is 11.0. The van der Waals surface area contributed by atoms with Gasteiger partial charge in [-0.15, -0.1) is 14.6 Å². The Kier molecular flexibility index (Phi) is 3.61. The van der Waals surface area contributed by atoms with Crippen LogP contribution in [0.4, 0.5) is 4.39 Å². The summed E-state index contributed by atoms with van der Waals surface area (Å²) in [4.78, 5) is 28.7. The Hall–Kier alpha value is -3.75. The van der Waals surface area contributed by atoms with Crippen LogP contribution in [0, 0.1) is 5.82 Å².